The van der Waals surface area contributed by atoms with Crippen LogP contribution in [0.25, 0.3) is 10.7 Å². The lowest BCUT2D eigenvalue weighted by atomic mass is 10.1. The molecule has 0 aromatic carbocycles. The summed E-state index contributed by atoms with van der Waals surface area (Å²) in [5.74, 6) is 2.49. The molecule has 3 aromatic heterocycles. The van der Waals surface area contributed by atoms with Gasteiger partial charge < -0.3 is 10.1 Å². The van der Waals surface area contributed by atoms with Crippen LogP contribution in [0.5, 0.6) is 5.75 Å². The first kappa shape index (κ1) is 21.2. The molecule has 3 aromatic rings. The Labute approximate surface area is 163 Å². The Morgan fingerprint density at radius 3 is 2.44 bits per heavy atom. The third-order valence-corrected chi connectivity index (χ3v) is 4.22. The number of hydrogen-bond acceptors (Lipinski definition) is 6. The maximum atomic E-state index is 5.38. The second-order valence-electron chi connectivity index (χ2n) is 5.34. The van der Waals surface area contributed by atoms with Crippen molar-refractivity contribution in [3.05, 3.63) is 47.6 Å². The lowest BCUT2D eigenvalue weighted by molar-refractivity contribution is 0.415. The monoisotopic (exact) mass is 398 g/mol. The average molecular weight is 399 g/mol. The van der Waals surface area contributed by atoms with Gasteiger partial charge in [0.2, 0.25) is 0 Å². The van der Waals surface area contributed by atoms with E-state index in [0.29, 0.717) is 17.5 Å². The van der Waals surface area contributed by atoms with Gasteiger partial charge in [0.25, 0.3) is 0 Å². The number of nitrogens with zero attached hydrogens (tertiary/aromatic N) is 3. The number of aromatic nitrogens is 3. The zero-order chi connectivity index (χ0) is 16.2. The van der Waals surface area contributed by atoms with E-state index in [-0.39, 0.29) is 24.8 Å². The van der Waals surface area contributed by atoms with Crippen molar-refractivity contribution in [2.24, 2.45) is 0 Å². The first-order valence-corrected chi connectivity index (χ1v) is 8.23. The van der Waals surface area contributed by atoms with Crippen LogP contribution in [0, 0.1) is 0 Å². The average Bonchev–Trinajstić information content (AvgIpc) is 3.10. The number of anilines is 2. The van der Waals surface area contributed by atoms with Gasteiger partial charge in [-0.3, -0.25) is 0 Å². The highest BCUT2D eigenvalue weighted by atomic mass is 35.5. The fourth-order valence-corrected chi connectivity index (χ4v) is 2.72. The Kier molecular flexibility index (Phi) is 8.09. The van der Waals surface area contributed by atoms with E-state index in [4.69, 9.17) is 4.74 Å². The number of thiazole rings is 1. The molecule has 25 heavy (non-hydrogen) atoms. The molecule has 0 saturated heterocycles. The van der Waals surface area contributed by atoms with Crippen LogP contribution >= 0.6 is 36.2 Å². The van der Waals surface area contributed by atoms with Gasteiger partial charge in [-0.05, 0) is 29.7 Å². The Balaban J connectivity index is 0.00000156. The summed E-state index contributed by atoms with van der Waals surface area (Å²) in [5.41, 5.74) is 2.01. The van der Waals surface area contributed by atoms with E-state index >= 15 is 0 Å². The highest BCUT2D eigenvalue weighted by Gasteiger charge is 2.10. The van der Waals surface area contributed by atoms with Crippen LogP contribution in [0.15, 0.2) is 42.0 Å². The third-order valence-electron chi connectivity index (χ3n) is 3.43. The quantitative estimate of drug-likeness (QED) is 0.629. The summed E-state index contributed by atoms with van der Waals surface area (Å²) in [6.45, 7) is 4.29. The zero-order valence-electron chi connectivity index (χ0n) is 14.1. The van der Waals surface area contributed by atoms with Gasteiger partial charge in [-0.1, -0.05) is 19.9 Å². The van der Waals surface area contributed by atoms with Crippen LogP contribution in [0.4, 0.5) is 11.6 Å². The Morgan fingerprint density at radius 2 is 1.88 bits per heavy atom. The van der Waals surface area contributed by atoms with Gasteiger partial charge in [0, 0.05) is 17.8 Å². The number of ether oxygens (including phenoxy) is 1. The molecule has 134 valence electrons. The van der Waals surface area contributed by atoms with Gasteiger partial charge in [-0.15, -0.1) is 36.2 Å². The van der Waals surface area contributed by atoms with Crippen molar-refractivity contribution in [3.63, 3.8) is 0 Å². The number of pyridine rings is 2. The molecular weight excluding hydrogens is 379 g/mol. The highest BCUT2D eigenvalue weighted by molar-refractivity contribution is 7.13. The van der Waals surface area contributed by atoms with E-state index in [1.165, 1.54) is 5.56 Å². The first-order valence-electron chi connectivity index (χ1n) is 7.35. The van der Waals surface area contributed by atoms with Gasteiger partial charge in [0.05, 0.1) is 7.11 Å². The number of nitrogens with one attached hydrogen (secondary N) is 1. The van der Waals surface area contributed by atoms with E-state index in [0.717, 1.165) is 16.5 Å². The molecule has 0 amide bonds. The highest BCUT2D eigenvalue weighted by Crippen LogP contribution is 2.29. The van der Waals surface area contributed by atoms with Gasteiger partial charge in [-0.2, -0.15) is 0 Å². The summed E-state index contributed by atoms with van der Waals surface area (Å²) in [5, 5.41) is 6.03. The molecule has 0 unspecified atom stereocenters. The summed E-state index contributed by atoms with van der Waals surface area (Å²) in [4.78, 5) is 13.3. The molecule has 0 fully saturated rings. The zero-order valence-corrected chi connectivity index (χ0v) is 16.5. The van der Waals surface area contributed by atoms with E-state index in [1.807, 2.05) is 29.8 Å². The molecule has 0 saturated carbocycles. The van der Waals surface area contributed by atoms with Gasteiger partial charge in [0.1, 0.15) is 16.5 Å². The standard InChI is InChI=1S/C17H18N4OS.2ClH/c1-11(2)12-4-7-15(19-10-12)21-16-14(22-3)6-5-13(20-16)17-18-8-9-23-17;;/h4-11H,1-3H3,(H,19,20,21);2*1H. The normalized spacial score (nSPS) is 9.92. The van der Waals surface area contributed by atoms with Crippen LogP contribution in [0.2, 0.25) is 0 Å². The number of rotatable bonds is 5. The molecule has 0 aliphatic carbocycles. The van der Waals surface area contributed by atoms with E-state index < -0.39 is 0 Å². The largest absolute Gasteiger partial charge is 0.493 e. The second kappa shape index (κ2) is 9.56. The molecule has 3 rings (SSSR count). The molecule has 0 aliphatic heterocycles. The van der Waals surface area contributed by atoms with Crippen molar-refractivity contribution in [1.29, 1.82) is 0 Å². The van der Waals surface area contributed by atoms with Crippen molar-refractivity contribution < 1.29 is 4.74 Å². The van der Waals surface area contributed by atoms with Gasteiger partial charge in [0.15, 0.2) is 11.6 Å². The van der Waals surface area contributed by atoms with Crippen LogP contribution in [-0.2, 0) is 0 Å². The summed E-state index contributed by atoms with van der Waals surface area (Å²) >= 11 is 1.55. The van der Waals surface area contributed by atoms with Gasteiger partial charge >= 0.3 is 0 Å². The van der Waals surface area contributed by atoms with Crippen molar-refractivity contribution >= 4 is 47.8 Å². The van der Waals surface area contributed by atoms with Crippen LogP contribution in [0.1, 0.15) is 25.3 Å². The number of halogens is 2. The molecule has 0 spiro atoms. The van der Waals surface area contributed by atoms with Crippen molar-refractivity contribution in [1.82, 2.24) is 15.0 Å². The minimum absolute atomic E-state index is 0. The van der Waals surface area contributed by atoms with E-state index in [2.05, 4.69) is 40.2 Å². The fourth-order valence-electron chi connectivity index (χ4n) is 2.11. The summed E-state index contributed by atoms with van der Waals surface area (Å²) in [6.07, 6.45) is 3.65. The molecule has 0 bridgehead atoms. The van der Waals surface area contributed by atoms with Crippen LogP contribution < -0.4 is 10.1 Å². The minimum atomic E-state index is 0. The van der Waals surface area contributed by atoms with Crippen LogP contribution in [0.3, 0.4) is 0 Å². The predicted octanol–water partition coefficient (Wildman–Crippen LogP) is 5.32. The Hall–Kier alpha value is -1.89. The Morgan fingerprint density at radius 1 is 1.08 bits per heavy atom. The molecule has 5 nitrogen and oxygen atoms in total. The summed E-state index contributed by atoms with van der Waals surface area (Å²) in [7, 11) is 1.63. The van der Waals surface area contributed by atoms with Crippen molar-refractivity contribution in [3.8, 4) is 16.5 Å². The van der Waals surface area contributed by atoms with E-state index in [9.17, 15) is 0 Å². The van der Waals surface area contributed by atoms with Gasteiger partial charge in [-0.25, -0.2) is 15.0 Å². The molecule has 3 heterocycles. The summed E-state index contributed by atoms with van der Waals surface area (Å²) in [6, 6.07) is 7.80. The number of hydrogen-bond donors (Lipinski definition) is 1. The topological polar surface area (TPSA) is 59.9 Å². The third kappa shape index (κ3) is 5.04. The molecule has 8 heteroatoms. The SMILES string of the molecule is COc1ccc(-c2nccs2)nc1Nc1ccc(C(C)C)cn1.Cl.Cl. The molecule has 1 N–H and O–H groups in total. The second-order valence-corrected chi connectivity index (χ2v) is 6.24. The van der Waals surface area contributed by atoms with Crippen molar-refractivity contribution in [2.45, 2.75) is 19.8 Å². The maximum Gasteiger partial charge on any atom is 0.175 e. The maximum absolute atomic E-state index is 5.38. The predicted molar refractivity (Wildman–Crippen MR) is 108 cm³/mol. The molecule has 0 aliphatic rings. The smallest absolute Gasteiger partial charge is 0.175 e. The van der Waals surface area contributed by atoms with Crippen LogP contribution in [-0.4, -0.2) is 22.1 Å². The summed E-state index contributed by atoms with van der Waals surface area (Å²) < 4.78 is 5.38. The van der Waals surface area contributed by atoms with Crippen molar-refractivity contribution in [2.75, 3.05) is 12.4 Å². The minimum Gasteiger partial charge on any atom is -0.493 e. The lowest BCUT2D eigenvalue weighted by Crippen LogP contribution is -2.01. The molecular formula is C17H20Cl2N4OS. The number of methoxy groups -OCH3 is 1. The first-order chi connectivity index (χ1) is 11.2. The Bertz CT molecular complexity index is 780. The molecule has 0 radical (unpaired) electrons. The van der Waals surface area contributed by atoms with E-state index in [1.54, 1.807) is 24.6 Å². The fraction of sp³-hybridized carbons (Fsp3) is 0.235. The molecule has 0 atom stereocenters. The lowest BCUT2D eigenvalue weighted by Gasteiger charge is -2.11.